The lowest BCUT2D eigenvalue weighted by atomic mass is 10.2. The third-order valence-electron chi connectivity index (χ3n) is 2.75. The Balaban J connectivity index is 2.06. The van der Waals surface area contributed by atoms with Gasteiger partial charge in [-0.25, -0.2) is 4.79 Å². The molecule has 2 heterocycles. The van der Waals surface area contributed by atoms with Crippen LogP contribution in [-0.4, -0.2) is 16.1 Å². The molecule has 0 aliphatic heterocycles. The number of carbonyl (C=O) groups is 1. The molecule has 0 aliphatic carbocycles. The third kappa shape index (κ3) is 2.32. The Kier molecular flexibility index (Phi) is 2.97. The SMILES string of the molecule is O=C(O)c1ccc(-c2cc3ccc(Cl)cc3s2)nc1. The van der Waals surface area contributed by atoms with Crippen LogP contribution in [0, 0.1) is 0 Å². The minimum atomic E-state index is -0.970. The summed E-state index contributed by atoms with van der Waals surface area (Å²) in [4.78, 5) is 16.0. The molecule has 3 rings (SSSR count). The van der Waals surface area contributed by atoms with Gasteiger partial charge in [0, 0.05) is 15.9 Å². The second-order valence-corrected chi connectivity index (χ2v) is 5.55. The van der Waals surface area contributed by atoms with Gasteiger partial charge in [0.05, 0.1) is 16.1 Å². The monoisotopic (exact) mass is 289 g/mol. The molecule has 0 unspecified atom stereocenters. The smallest absolute Gasteiger partial charge is 0.337 e. The number of aromatic nitrogens is 1. The van der Waals surface area contributed by atoms with Gasteiger partial charge in [0.25, 0.3) is 0 Å². The second-order valence-electron chi connectivity index (χ2n) is 4.03. The van der Waals surface area contributed by atoms with E-state index in [9.17, 15) is 4.79 Å². The van der Waals surface area contributed by atoms with Crippen molar-refractivity contribution < 1.29 is 9.90 Å². The quantitative estimate of drug-likeness (QED) is 0.764. The van der Waals surface area contributed by atoms with Crippen LogP contribution >= 0.6 is 22.9 Å². The average Bonchev–Trinajstić information content (AvgIpc) is 2.81. The first-order chi connectivity index (χ1) is 9.13. The van der Waals surface area contributed by atoms with Gasteiger partial charge in [0.1, 0.15) is 0 Å². The van der Waals surface area contributed by atoms with Crippen molar-refractivity contribution in [3.63, 3.8) is 0 Å². The summed E-state index contributed by atoms with van der Waals surface area (Å²) in [6.45, 7) is 0. The van der Waals surface area contributed by atoms with Gasteiger partial charge in [-0.2, -0.15) is 0 Å². The maximum absolute atomic E-state index is 10.8. The molecular weight excluding hydrogens is 282 g/mol. The number of benzene rings is 1. The van der Waals surface area contributed by atoms with Crippen molar-refractivity contribution >= 4 is 39.0 Å². The number of nitrogens with zero attached hydrogens (tertiary/aromatic N) is 1. The van der Waals surface area contributed by atoms with Gasteiger partial charge in [-0.3, -0.25) is 4.98 Å². The molecule has 3 nitrogen and oxygen atoms in total. The van der Waals surface area contributed by atoms with Crippen molar-refractivity contribution in [2.24, 2.45) is 0 Å². The topological polar surface area (TPSA) is 50.2 Å². The molecule has 2 aromatic heterocycles. The van der Waals surface area contributed by atoms with Crippen molar-refractivity contribution in [3.8, 4) is 10.6 Å². The Morgan fingerprint density at radius 3 is 2.74 bits per heavy atom. The molecule has 0 aliphatic rings. The lowest BCUT2D eigenvalue weighted by Crippen LogP contribution is -1.96. The number of rotatable bonds is 2. The van der Waals surface area contributed by atoms with Crippen LogP contribution in [0.5, 0.6) is 0 Å². The van der Waals surface area contributed by atoms with E-state index in [1.54, 1.807) is 23.5 Å². The summed E-state index contributed by atoms with van der Waals surface area (Å²) >= 11 is 7.54. The molecule has 0 saturated carbocycles. The molecule has 0 atom stereocenters. The zero-order valence-electron chi connectivity index (χ0n) is 9.63. The Bertz CT molecular complexity index is 765. The summed E-state index contributed by atoms with van der Waals surface area (Å²) in [6.07, 6.45) is 1.37. The minimum absolute atomic E-state index is 0.188. The number of hydrogen-bond donors (Lipinski definition) is 1. The molecule has 19 heavy (non-hydrogen) atoms. The molecule has 3 aromatic rings. The molecule has 0 bridgehead atoms. The summed E-state index contributed by atoms with van der Waals surface area (Å²) < 4.78 is 1.09. The largest absolute Gasteiger partial charge is 0.478 e. The van der Waals surface area contributed by atoms with Crippen molar-refractivity contribution in [1.29, 1.82) is 0 Å². The van der Waals surface area contributed by atoms with E-state index in [1.807, 2.05) is 24.3 Å². The fourth-order valence-corrected chi connectivity index (χ4v) is 3.11. The van der Waals surface area contributed by atoms with Gasteiger partial charge in [-0.05, 0) is 35.7 Å². The standard InChI is InChI=1S/C14H8ClNO2S/c15-10-3-1-8-5-13(19-12(8)6-10)11-4-2-9(7-16-11)14(17)18/h1-7H,(H,17,18). The highest BCUT2D eigenvalue weighted by atomic mass is 35.5. The van der Waals surface area contributed by atoms with E-state index in [-0.39, 0.29) is 5.56 Å². The molecular formula is C14H8ClNO2S. The van der Waals surface area contributed by atoms with Gasteiger partial charge < -0.3 is 5.11 Å². The van der Waals surface area contributed by atoms with Crippen LogP contribution in [0.1, 0.15) is 10.4 Å². The average molecular weight is 290 g/mol. The third-order valence-corrected chi connectivity index (χ3v) is 4.10. The van der Waals surface area contributed by atoms with Crippen LogP contribution in [0.4, 0.5) is 0 Å². The van der Waals surface area contributed by atoms with Gasteiger partial charge in [0.15, 0.2) is 0 Å². The molecule has 1 N–H and O–H groups in total. The van der Waals surface area contributed by atoms with Crippen LogP contribution < -0.4 is 0 Å². The van der Waals surface area contributed by atoms with Gasteiger partial charge in [-0.1, -0.05) is 17.7 Å². The first kappa shape index (κ1) is 12.1. The highest BCUT2D eigenvalue weighted by Crippen LogP contribution is 2.33. The van der Waals surface area contributed by atoms with Gasteiger partial charge in [-0.15, -0.1) is 11.3 Å². The van der Waals surface area contributed by atoms with Crippen LogP contribution in [-0.2, 0) is 0 Å². The summed E-state index contributed by atoms with van der Waals surface area (Å²) in [5, 5.41) is 10.6. The second kappa shape index (κ2) is 4.64. The number of hydrogen-bond acceptors (Lipinski definition) is 3. The van der Waals surface area contributed by atoms with Crippen molar-refractivity contribution in [3.05, 3.63) is 53.2 Å². The summed E-state index contributed by atoms with van der Waals surface area (Å²) in [6, 6.07) is 11.0. The zero-order chi connectivity index (χ0) is 13.4. The predicted molar refractivity (Wildman–Crippen MR) is 77.0 cm³/mol. The zero-order valence-corrected chi connectivity index (χ0v) is 11.2. The number of carboxylic acid groups (broad SMARTS) is 1. The highest BCUT2D eigenvalue weighted by molar-refractivity contribution is 7.22. The normalized spacial score (nSPS) is 10.8. The van der Waals surface area contributed by atoms with E-state index in [0.29, 0.717) is 5.02 Å². The van der Waals surface area contributed by atoms with Crippen LogP contribution in [0.25, 0.3) is 20.7 Å². The van der Waals surface area contributed by atoms with Crippen molar-refractivity contribution in [1.82, 2.24) is 4.98 Å². The molecule has 0 radical (unpaired) electrons. The van der Waals surface area contributed by atoms with E-state index >= 15 is 0 Å². The lowest BCUT2D eigenvalue weighted by molar-refractivity contribution is 0.0696. The maximum atomic E-state index is 10.8. The number of halogens is 1. The molecule has 0 saturated heterocycles. The minimum Gasteiger partial charge on any atom is -0.478 e. The van der Waals surface area contributed by atoms with Crippen LogP contribution in [0.2, 0.25) is 5.02 Å². The van der Waals surface area contributed by atoms with Gasteiger partial charge >= 0.3 is 5.97 Å². The Morgan fingerprint density at radius 1 is 1.21 bits per heavy atom. The summed E-state index contributed by atoms with van der Waals surface area (Å²) in [5.41, 5.74) is 0.954. The summed E-state index contributed by atoms with van der Waals surface area (Å²) in [5.74, 6) is -0.970. The number of thiophene rings is 1. The maximum Gasteiger partial charge on any atom is 0.337 e. The van der Waals surface area contributed by atoms with E-state index < -0.39 is 5.97 Å². The molecule has 94 valence electrons. The number of carboxylic acids is 1. The van der Waals surface area contributed by atoms with E-state index in [2.05, 4.69) is 4.98 Å². The number of fused-ring (bicyclic) bond motifs is 1. The molecule has 5 heteroatoms. The Hall–Kier alpha value is -1.91. The van der Waals surface area contributed by atoms with Crippen molar-refractivity contribution in [2.45, 2.75) is 0 Å². The van der Waals surface area contributed by atoms with E-state index in [0.717, 1.165) is 20.7 Å². The lowest BCUT2D eigenvalue weighted by Gasteiger charge is -1.97. The molecule has 0 fully saturated rings. The Labute approximate surface area is 118 Å². The molecule has 0 amide bonds. The first-order valence-electron chi connectivity index (χ1n) is 5.52. The molecule has 0 spiro atoms. The predicted octanol–water partition coefficient (Wildman–Crippen LogP) is 4.31. The fraction of sp³-hybridized carbons (Fsp3) is 0. The van der Waals surface area contributed by atoms with Crippen LogP contribution in [0.15, 0.2) is 42.6 Å². The first-order valence-corrected chi connectivity index (χ1v) is 6.72. The van der Waals surface area contributed by atoms with Gasteiger partial charge in [0.2, 0.25) is 0 Å². The van der Waals surface area contributed by atoms with Crippen LogP contribution in [0.3, 0.4) is 0 Å². The fourth-order valence-electron chi connectivity index (χ4n) is 1.80. The Morgan fingerprint density at radius 2 is 2.05 bits per heavy atom. The summed E-state index contributed by atoms with van der Waals surface area (Å²) in [7, 11) is 0. The number of pyridine rings is 1. The van der Waals surface area contributed by atoms with E-state index in [4.69, 9.17) is 16.7 Å². The number of aromatic carboxylic acids is 1. The highest BCUT2D eigenvalue weighted by Gasteiger charge is 2.08. The van der Waals surface area contributed by atoms with Crippen molar-refractivity contribution in [2.75, 3.05) is 0 Å². The molecule has 1 aromatic carbocycles. The van der Waals surface area contributed by atoms with E-state index in [1.165, 1.54) is 6.20 Å².